The van der Waals surface area contributed by atoms with Gasteiger partial charge in [-0.3, -0.25) is 9.69 Å². The van der Waals surface area contributed by atoms with Crippen LogP contribution in [0.1, 0.15) is 36.0 Å². The number of piperazine rings is 1. The number of ether oxygens (including phenoxy) is 3. The molecule has 12 heteroatoms. The van der Waals surface area contributed by atoms with Crippen molar-refractivity contribution >= 4 is 39.6 Å². The van der Waals surface area contributed by atoms with Gasteiger partial charge in [0.05, 0.1) is 18.6 Å². The van der Waals surface area contributed by atoms with Crippen LogP contribution in [0, 0.1) is 13.8 Å². The average molecular weight is 735 g/mol. The fraction of sp³-hybridized carbons (Fsp3) is 0.378. The van der Waals surface area contributed by atoms with Crippen molar-refractivity contribution in [1.82, 2.24) is 14.7 Å². The van der Waals surface area contributed by atoms with Crippen molar-refractivity contribution in [2.75, 3.05) is 39.5 Å². The predicted octanol–water partition coefficient (Wildman–Crippen LogP) is 6.46. The molecule has 1 aliphatic carbocycles. The second-order valence-electron chi connectivity index (χ2n) is 12.6. The molecule has 3 aromatic rings. The number of nitrogens with zero attached hydrogens (tertiary/aromatic N) is 3. The Morgan fingerprint density at radius 2 is 1.41 bits per heavy atom. The van der Waals surface area contributed by atoms with E-state index in [4.69, 9.17) is 14.2 Å². The summed E-state index contributed by atoms with van der Waals surface area (Å²) in [6, 6.07) is 19.2. The van der Waals surface area contributed by atoms with E-state index in [0.29, 0.717) is 31.1 Å². The molecule has 258 valence electrons. The van der Waals surface area contributed by atoms with E-state index in [1.165, 1.54) is 9.80 Å². The number of fused-ring (bicyclic) bond motifs is 2. The van der Waals surface area contributed by atoms with E-state index in [1.807, 2.05) is 80.6 Å². The molecule has 3 amide bonds. The molecule has 1 saturated heterocycles. The maximum atomic E-state index is 14.6. The quantitative estimate of drug-likeness (QED) is 0.203. The standard InChI is InChI=1S/C37H40BrN3O8/c1-23-3-10-31(19-24(23)2)47-16-15-40(27-8-9-27)35(42)34-32(20-28-21-39(36(43)44)22-33(34)41(28)37(45)46)25-4-11-29(12-5-25)48-17-18-49-30-13-6-26(38)7-14-30/h3-7,10-14,19,27-28,33H,8-9,15-18,20-22H2,1-2H3,(H,43,44)(H,45,46)/t28-,33-/m1/s1. The maximum Gasteiger partial charge on any atom is 0.408 e. The number of carboxylic acid groups (broad SMARTS) is 2. The van der Waals surface area contributed by atoms with Crippen LogP contribution in [-0.4, -0.2) is 101 Å². The van der Waals surface area contributed by atoms with E-state index < -0.39 is 24.3 Å². The number of hydrogen-bond donors (Lipinski definition) is 2. The van der Waals surface area contributed by atoms with Gasteiger partial charge in [0.25, 0.3) is 5.91 Å². The molecule has 3 aliphatic rings. The second-order valence-corrected chi connectivity index (χ2v) is 13.6. The van der Waals surface area contributed by atoms with Gasteiger partial charge >= 0.3 is 12.2 Å². The summed E-state index contributed by atoms with van der Waals surface area (Å²) in [5.74, 6) is 1.80. The molecule has 0 spiro atoms. The zero-order valence-electron chi connectivity index (χ0n) is 27.5. The molecule has 0 unspecified atom stereocenters. The van der Waals surface area contributed by atoms with Crippen molar-refractivity contribution in [2.24, 2.45) is 0 Å². The molecule has 2 N–H and O–H groups in total. The van der Waals surface area contributed by atoms with Crippen LogP contribution < -0.4 is 14.2 Å². The lowest BCUT2D eigenvalue weighted by Crippen LogP contribution is -2.65. The highest BCUT2D eigenvalue weighted by atomic mass is 79.9. The summed E-state index contributed by atoms with van der Waals surface area (Å²) in [4.78, 5) is 43.6. The first-order valence-electron chi connectivity index (χ1n) is 16.4. The van der Waals surface area contributed by atoms with E-state index in [1.54, 1.807) is 4.90 Å². The molecule has 2 heterocycles. The lowest BCUT2D eigenvalue weighted by molar-refractivity contribution is -0.129. The van der Waals surface area contributed by atoms with E-state index in [-0.39, 0.29) is 38.1 Å². The van der Waals surface area contributed by atoms with Gasteiger partial charge in [0.2, 0.25) is 0 Å². The smallest absolute Gasteiger partial charge is 0.408 e. The van der Waals surface area contributed by atoms with Gasteiger partial charge in [-0.05, 0) is 104 Å². The van der Waals surface area contributed by atoms with Gasteiger partial charge in [-0.15, -0.1) is 0 Å². The molecular weight excluding hydrogens is 694 g/mol. The monoisotopic (exact) mass is 733 g/mol. The Labute approximate surface area is 293 Å². The topological polar surface area (TPSA) is 129 Å². The minimum Gasteiger partial charge on any atom is -0.492 e. The Hall–Kier alpha value is -4.71. The third kappa shape index (κ3) is 7.96. The first-order chi connectivity index (χ1) is 23.6. The molecule has 6 rings (SSSR count). The molecule has 2 atom stereocenters. The number of carbonyl (C=O) groups is 3. The molecule has 11 nitrogen and oxygen atoms in total. The summed E-state index contributed by atoms with van der Waals surface area (Å²) in [6.07, 6.45) is -0.428. The predicted molar refractivity (Wildman–Crippen MR) is 186 cm³/mol. The number of carbonyl (C=O) groups excluding carboxylic acids is 1. The summed E-state index contributed by atoms with van der Waals surface area (Å²) >= 11 is 3.41. The van der Waals surface area contributed by atoms with Gasteiger partial charge in [-0.2, -0.15) is 0 Å². The number of benzene rings is 3. The fourth-order valence-corrected chi connectivity index (χ4v) is 6.82. The van der Waals surface area contributed by atoms with E-state index in [0.717, 1.165) is 51.1 Å². The summed E-state index contributed by atoms with van der Waals surface area (Å²) in [6.45, 7) is 5.21. The van der Waals surface area contributed by atoms with Crippen LogP contribution in [0.4, 0.5) is 9.59 Å². The van der Waals surface area contributed by atoms with Crippen LogP contribution >= 0.6 is 15.9 Å². The molecule has 1 saturated carbocycles. The largest absolute Gasteiger partial charge is 0.492 e. The minimum atomic E-state index is -1.17. The Kier molecular flexibility index (Phi) is 10.3. The van der Waals surface area contributed by atoms with Gasteiger partial charge in [0.1, 0.15) is 37.1 Å². The van der Waals surface area contributed by atoms with Crippen molar-refractivity contribution < 1.29 is 38.8 Å². The van der Waals surface area contributed by atoms with Crippen molar-refractivity contribution in [1.29, 1.82) is 0 Å². The molecule has 2 aliphatic heterocycles. The van der Waals surface area contributed by atoms with Crippen LogP contribution in [0.5, 0.6) is 17.2 Å². The highest BCUT2D eigenvalue weighted by molar-refractivity contribution is 9.10. The Balaban J connectivity index is 1.24. The van der Waals surface area contributed by atoms with Crippen LogP contribution in [0.3, 0.4) is 0 Å². The van der Waals surface area contributed by atoms with Crippen molar-refractivity contribution in [3.05, 3.63) is 93.5 Å². The summed E-state index contributed by atoms with van der Waals surface area (Å²) in [7, 11) is 0. The molecule has 3 aromatic carbocycles. The van der Waals surface area contributed by atoms with Gasteiger partial charge in [0, 0.05) is 29.2 Å². The molecule has 0 aromatic heterocycles. The highest BCUT2D eigenvalue weighted by Gasteiger charge is 2.49. The van der Waals surface area contributed by atoms with E-state index >= 15 is 0 Å². The van der Waals surface area contributed by atoms with Crippen molar-refractivity contribution in [3.8, 4) is 17.2 Å². The minimum absolute atomic E-state index is 0.00942. The lowest BCUT2D eigenvalue weighted by atomic mass is 9.81. The fourth-order valence-electron chi connectivity index (χ4n) is 6.56. The highest BCUT2D eigenvalue weighted by Crippen LogP contribution is 2.41. The molecular formula is C37H40BrN3O8. The van der Waals surface area contributed by atoms with E-state index in [2.05, 4.69) is 15.9 Å². The number of rotatable bonds is 12. The molecule has 0 radical (unpaired) electrons. The van der Waals surface area contributed by atoms with Crippen LogP contribution in [0.2, 0.25) is 0 Å². The summed E-state index contributed by atoms with van der Waals surface area (Å²) < 4.78 is 18.7. The zero-order chi connectivity index (χ0) is 34.7. The van der Waals surface area contributed by atoms with Crippen LogP contribution in [0.25, 0.3) is 5.57 Å². The van der Waals surface area contributed by atoms with E-state index in [9.17, 15) is 24.6 Å². The molecule has 49 heavy (non-hydrogen) atoms. The normalized spacial score (nSPS) is 18.6. The van der Waals surface area contributed by atoms with Crippen molar-refractivity contribution in [3.63, 3.8) is 0 Å². The number of aryl methyl sites for hydroxylation is 2. The third-order valence-corrected chi connectivity index (χ3v) is 9.87. The maximum absolute atomic E-state index is 14.6. The lowest BCUT2D eigenvalue weighted by Gasteiger charge is -2.49. The van der Waals surface area contributed by atoms with Gasteiger partial charge in [-0.1, -0.05) is 34.1 Å². The number of hydrogen-bond acceptors (Lipinski definition) is 6. The molecule has 2 bridgehead atoms. The van der Waals surface area contributed by atoms with Gasteiger partial charge in [-0.25, -0.2) is 9.59 Å². The van der Waals surface area contributed by atoms with Gasteiger partial charge in [0.15, 0.2) is 0 Å². The first kappa shape index (κ1) is 34.2. The zero-order valence-corrected chi connectivity index (χ0v) is 29.1. The van der Waals surface area contributed by atoms with Crippen LogP contribution in [0.15, 0.2) is 76.8 Å². The summed E-state index contributed by atoms with van der Waals surface area (Å²) in [5, 5.41) is 20.2. The second kappa shape index (κ2) is 14.8. The Bertz CT molecular complexity index is 1720. The summed E-state index contributed by atoms with van der Waals surface area (Å²) in [5.41, 5.74) is 4.09. The Morgan fingerprint density at radius 3 is 2.00 bits per heavy atom. The Morgan fingerprint density at radius 1 is 0.796 bits per heavy atom. The van der Waals surface area contributed by atoms with Crippen molar-refractivity contribution in [2.45, 2.75) is 51.2 Å². The average Bonchev–Trinajstić information content (AvgIpc) is 3.92. The SMILES string of the molecule is Cc1ccc(OCCN(C(=O)C2=C(c3ccc(OCCOc4ccc(Br)cc4)cc3)C[C@@H]3CN(C(=O)O)C[C@H]2N3C(=O)O)C2CC2)cc1C. The first-order valence-corrected chi connectivity index (χ1v) is 17.2. The van der Waals surface area contributed by atoms with Gasteiger partial charge < -0.3 is 34.2 Å². The third-order valence-electron chi connectivity index (χ3n) is 9.34. The van der Waals surface area contributed by atoms with Crippen LogP contribution in [-0.2, 0) is 4.79 Å². The number of halogens is 1. The molecule has 2 fully saturated rings. The number of amides is 3.